The highest BCUT2D eigenvalue weighted by molar-refractivity contribution is 7.91. The summed E-state index contributed by atoms with van der Waals surface area (Å²) in [6, 6.07) is 0. The van der Waals surface area contributed by atoms with Crippen LogP contribution in [0.4, 0.5) is 17.3 Å². The Morgan fingerprint density at radius 3 is 2.74 bits per heavy atom. The van der Waals surface area contributed by atoms with Crippen LogP contribution in [0.5, 0.6) is 0 Å². The molecule has 1 fully saturated rings. The quantitative estimate of drug-likeness (QED) is 0.573. The molecule has 9 nitrogen and oxygen atoms in total. The Balaban J connectivity index is 2.37. The lowest BCUT2D eigenvalue weighted by Crippen LogP contribution is -2.28. The van der Waals surface area contributed by atoms with E-state index in [1.165, 1.54) is 0 Å². The Morgan fingerprint density at radius 1 is 1.32 bits per heavy atom. The molecule has 2 heterocycles. The highest BCUT2D eigenvalue weighted by Gasteiger charge is 2.28. The number of nitro groups is 1. The topological polar surface area (TPSA) is 132 Å². The lowest BCUT2D eigenvalue weighted by Gasteiger charge is -2.20. The molecule has 0 aromatic carbocycles. The van der Waals surface area contributed by atoms with Gasteiger partial charge in [-0.25, -0.2) is 18.4 Å². The van der Waals surface area contributed by atoms with Gasteiger partial charge in [0, 0.05) is 13.1 Å². The molecular formula is C9H13N5O4S. The van der Waals surface area contributed by atoms with E-state index in [-0.39, 0.29) is 35.4 Å². The van der Waals surface area contributed by atoms with E-state index >= 15 is 0 Å². The molecule has 2 rings (SSSR count). The van der Waals surface area contributed by atoms with Crippen molar-refractivity contribution in [2.45, 2.75) is 6.42 Å². The van der Waals surface area contributed by atoms with E-state index in [1.54, 1.807) is 4.90 Å². The van der Waals surface area contributed by atoms with Crippen LogP contribution >= 0.6 is 0 Å². The molecule has 1 aliphatic heterocycles. The minimum atomic E-state index is -3.09. The number of hydrogen-bond donors (Lipinski definition) is 1. The summed E-state index contributed by atoms with van der Waals surface area (Å²) in [7, 11) is -3.09. The Kier molecular flexibility index (Phi) is 3.51. The summed E-state index contributed by atoms with van der Waals surface area (Å²) in [5.74, 6) is -0.108. The van der Waals surface area contributed by atoms with Gasteiger partial charge in [0.15, 0.2) is 9.84 Å². The number of aromatic nitrogens is 2. The van der Waals surface area contributed by atoms with E-state index in [0.717, 1.165) is 6.33 Å². The molecule has 104 valence electrons. The molecule has 0 radical (unpaired) electrons. The maximum atomic E-state index is 11.5. The van der Waals surface area contributed by atoms with Gasteiger partial charge < -0.3 is 10.6 Å². The summed E-state index contributed by atoms with van der Waals surface area (Å²) in [6.45, 7) is 0.552. The second kappa shape index (κ2) is 4.96. The van der Waals surface area contributed by atoms with Crippen molar-refractivity contribution in [1.29, 1.82) is 0 Å². The SMILES string of the molecule is Nc1ncnc(N2CCCS(=O)(=O)CC2)c1[N+](=O)[O-]. The molecule has 10 heteroatoms. The second-order valence-electron chi connectivity index (χ2n) is 4.18. The second-order valence-corrected chi connectivity index (χ2v) is 6.48. The average Bonchev–Trinajstić information content (AvgIpc) is 2.49. The number of anilines is 2. The fraction of sp³-hybridized carbons (Fsp3) is 0.556. The van der Waals surface area contributed by atoms with Crippen molar-refractivity contribution in [2.24, 2.45) is 0 Å². The molecule has 0 saturated carbocycles. The van der Waals surface area contributed by atoms with Gasteiger partial charge in [0.1, 0.15) is 6.33 Å². The normalized spacial score (nSPS) is 18.8. The first-order valence-electron chi connectivity index (χ1n) is 5.61. The van der Waals surface area contributed by atoms with Crippen LogP contribution in [-0.4, -0.2) is 47.9 Å². The maximum Gasteiger partial charge on any atom is 0.353 e. The average molecular weight is 287 g/mol. The fourth-order valence-electron chi connectivity index (χ4n) is 1.94. The third-order valence-corrected chi connectivity index (χ3v) is 4.58. The summed E-state index contributed by atoms with van der Waals surface area (Å²) in [4.78, 5) is 19.4. The largest absolute Gasteiger partial charge is 0.378 e. The van der Waals surface area contributed by atoms with Crippen LogP contribution in [0.25, 0.3) is 0 Å². The predicted octanol–water partition coefficient (Wildman–Crippen LogP) is -0.408. The minimum absolute atomic E-state index is 0.0476. The van der Waals surface area contributed by atoms with Gasteiger partial charge in [-0.1, -0.05) is 0 Å². The highest BCUT2D eigenvalue weighted by Crippen LogP contribution is 2.30. The zero-order valence-corrected chi connectivity index (χ0v) is 10.8. The summed E-state index contributed by atoms with van der Waals surface area (Å²) in [5.41, 5.74) is 5.11. The molecule has 0 aliphatic carbocycles. The Morgan fingerprint density at radius 2 is 2.05 bits per heavy atom. The molecule has 2 N–H and O–H groups in total. The van der Waals surface area contributed by atoms with Crippen molar-refractivity contribution in [1.82, 2.24) is 9.97 Å². The first-order chi connectivity index (χ1) is 8.91. The summed E-state index contributed by atoms with van der Waals surface area (Å²) < 4.78 is 23.0. The number of nitrogens with zero attached hydrogens (tertiary/aromatic N) is 4. The monoisotopic (exact) mass is 287 g/mol. The van der Waals surface area contributed by atoms with Gasteiger partial charge in [0.2, 0.25) is 11.6 Å². The van der Waals surface area contributed by atoms with Crippen molar-refractivity contribution < 1.29 is 13.3 Å². The van der Waals surface area contributed by atoms with Crippen LogP contribution in [-0.2, 0) is 9.84 Å². The molecule has 0 spiro atoms. The van der Waals surface area contributed by atoms with Crippen molar-refractivity contribution in [2.75, 3.05) is 35.2 Å². The first-order valence-corrected chi connectivity index (χ1v) is 7.43. The van der Waals surface area contributed by atoms with Crippen LogP contribution in [0.1, 0.15) is 6.42 Å². The van der Waals surface area contributed by atoms with Crippen molar-refractivity contribution in [3.8, 4) is 0 Å². The van der Waals surface area contributed by atoms with E-state index in [4.69, 9.17) is 5.73 Å². The van der Waals surface area contributed by atoms with Crippen molar-refractivity contribution >= 4 is 27.2 Å². The summed E-state index contributed by atoms with van der Waals surface area (Å²) in [5, 5.41) is 11.0. The lowest BCUT2D eigenvalue weighted by atomic mass is 10.3. The third kappa shape index (κ3) is 2.89. The van der Waals surface area contributed by atoms with Gasteiger partial charge in [-0.15, -0.1) is 0 Å². The molecule has 0 unspecified atom stereocenters. The zero-order valence-electron chi connectivity index (χ0n) is 10.0. The van der Waals surface area contributed by atoms with Gasteiger partial charge in [0.05, 0.1) is 16.4 Å². The van der Waals surface area contributed by atoms with E-state index in [2.05, 4.69) is 9.97 Å². The van der Waals surface area contributed by atoms with Crippen LogP contribution in [0.15, 0.2) is 6.33 Å². The Labute approximate surface area is 109 Å². The van der Waals surface area contributed by atoms with Gasteiger partial charge >= 0.3 is 5.69 Å². The Hall–Kier alpha value is -1.97. The van der Waals surface area contributed by atoms with Crippen LogP contribution in [0.3, 0.4) is 0 Å². The van der Waals surface area contributed by atoms with Crippen LogP contribution < -0.4 is 10.6 Å². The fourth-order valence-corrected chi connectivity index (χ4v) is 3.21. The van der Waals surface area contributed by atoms with Gasteiger partial charge in [-0.05, 0) is 6.42 Å². The zero-order chi connectivity index (χ0) is 14.0. The lowest BCUT2D eigenvalue weighted by molar-refractivity contribution is -0.383. The molecular weight excluding hydrogens is 274 g/mol. The summed E-state index contributed by atoms with van der Waals surface area (Å²) in [6.07, 6.45) is 1.54. The molecule has 19 heavy (non-hydrogen) atoms. The molecule has 1 aromatic rings. The third-order valence-electron chi connectivity index (χ3n) is 2.87. The van der Waals surface area contributed by atoms with E-state index in [0.29, 0.717) is 13.0 Å². The smallest absolute Gasteiger partial charge is 0.353 e. The molecule has 0 amide bonds. The number of nitrogens with two attached hydrogens (primary N) is 1. The molecule has 1 saturated heterocycles. The van der Waals surface area contributed by atoms with Crippen molar-refractivity contribution in [3.05, 3.63) is 16.4 Å². The van der Waals surface area contributed by atoms with Gasteiger partial charge in [-0.3, -0.25) is 10.1 Å². The minimum Gasteiger partial charge on any atom is -0.378 e. The van der Waals surface area contributed by atoms with E-state index in [9.17, 15) is 18.5 Å². The molecule has 0 atom stereocenters. The molecule has 1 aliphatic rings. The van der Waals surface area contributed by atoms with Gasteiger partial charge in [-0.2, -0.15) is 0 Å². The van der Waals surface area contributed by atoms with Crippen LogP contribution in [0, 0.1) is 10.1 Å². The number of nitrogen functional groups attached to an aromatic ring is 1. The highest BCUT2D eigenvalue weighted by atomic mass is 32.2. The Bertz CT molecular complexity index is 603. The van der Waals surface area contributed by atoms with E-state index in [1.807, 2.05) is 0 Å². The maximum absolute atomic E-state index is 11.5. The number of rotatable bonds is 2. The number of hydrogen-bond acceptors (Lipinski definition) is 8. The van der Waals surface area contributed by atoms with Crippen molar-refractivity contribution in [3.63, 3.8) is 0 Å². The number of sulfone groups is 1. The molecule has 1 aromatic heterocycles. The predicted molar refractivity (Wildman–Crippen MR) is 68.6 cm³/mol. The summed E-state index contributed by atoms with van der Waals surface area (Å²) >= 11 is 0. The molecule has 0 bridgehead atoms. The van der Waals surface area contributed by atoms with Crippen LogP contribution in [0.2, 0.25) is 0 Å². The first kappa shape index (κ1) is 13.5. The van der Waals surface area contributed by atoms with Gasteiger partial charge in [0.25, 0.3) is 0 Å². The standard InChI is InChI=1S/C9H13N5O4S/c10-8-7(14(15)16)9(12-6-11-8)13-2-1-4-19(17,18)5-3-13/h6H,1-5H2,(H2,10,11,12). The van der Waals surface area contributed by atoms with E-state index < -0.39 is 14.8 Å².